The fraction of sp³-hybridized carbons (Fsp3) is 0.400. The molecule has 0 aliphatic carbocycles. The Kier molecular flexibility index (Phi) is 2.45. The summed E-state index contributed by atoms with van der Waals surface area (Å²) in [5, 5.41) is 14.1. The Morgan fingerprint density at radius 2 is 2.35 bits per heavy atom. The van der Waals surface area contributed by atoms with E-state index in [0.29, 0.717) is 18.6 Å². The van der Waals surface area contributed by atoms with E-state index in [2.05, 4.69) is 25.8 Å². The minimum Gasteiger partial charge on any atom is -0.353 e. The third-order valence-electron chi connectivity index (χ3n) is 2.80. The van der Waals surface area contributed by atoms with Crippen LogP contribution in [-0.4, -0.2) is 44.6 Å². The van der Waals surface area contributed by atoms with Crippen molar-refractivity contribution in [2.75, 3.05) is 13.1 Å². The molecule has 0 bridgehead atoms. The standard InChI is InChI=1S/C10H12N6O/c17-10-7(12-1-2-13-10)5-8-14-15-9-6-11-3-4-16(8)9/h3-4,6-7,12H,1-2,5H2,(H,13,17). The Labute approximate surface area is 97.3 Å². The van der Waals surface area contributed by atoms with Gasteiger partial charge in [0, 0.05) is 31.9 Å². The first-order valence-electron chi connectivity index (χ1n) is 5.49. The molecule has 1 aliphatic rings. The molecule has 0 radical (unpaired) electrons. The molecule has 3 heterocycles. The number of aromatic nitrogens is 4. The van der Waals surface area contributed by atoms with E-state index in [1.165, 1.54) is 0 Å². The van der Waals surface area contributed by atoms with E-state index in [4.69, 9.17) is 0 Å². The summed E-state index contributed by atoms with van der Waals surface area (Å²) in [6.07, 6.45) is 5.64. The molecule has 88 valence electrons. The maximum Gasteiger partial charge on any atom is 0.237 e. The van der Waals surface area contributed by atoms with E-state index in [1.807, 2.05) is 4.40 Å². The lowest BCUT2D eigenvalue weighted by Crippen LogP contribution is -2.53. The van der Waals surface area contributed by atoms with Crippen LogP contribution in [0.5, 0.6) is 0 Å². The minimum atomic E-state index is -0.232. The van der Waals surface area contributed by atoms with Crippen LogP contribution in [0, 0.1) is 0 Å². The number of piperazine rings is 1. The molecule has 1 unspecified atom stereocenters. The second-order valence-electron chi connectivity index (χ2n) is 3.92. The molecule has 1 fully saturated rings. The van der Waals surface area contributed by atoms with Gasteiger partial charge < -0.3 is 10.6 Å². The van der Waals surface area contributed by atoms with Crippen LogP contribution >= 0.6 is 0 Å². The molecular weight excluding hydrogens is 220 g/mol. The van der Waals surface area contributed by atoms with Crippen molar-refractivity contribution in [1.82, 2.24) is 30.2 Å². The maximum atomic E-state index is 11.6. The van der Waals surface area contributed by atoms with Gasteiger partial charge in [0.1, 0.15) is 5.82 Å². The minimum absolute atomic E-state index is 0.0158. The number of hydrogen-bond donors (Lipinski definition) is 2. The van der Waals surface area contributed by atoms with Crippen molar-refractivity contribution in [3.63, 3.8) is 0 Å². The second-order valence-corrected chi connectivity index (χ2v) is 3.92. The van der Waals surface area contributed by atoms with E-state index >= 15 is 0 Å². The second kappa shape index (κ2) is 4.10. The van der Waals surface area contributed by atoms with Crippen LogP contribution in [-0.2, 0) is 11.2 Å². The molecule has 7 nitrogen and oxygen atoms in total. The molecule has 2 aromatic heterocycles. The van der Waals surface area contributed by atoms with Crippen molar-refractivity contribution in [1.29, 1.82) is 0 Å². The highest BCUT2D eigenvalue weighted by atomic mass is 16.2. The first-order chi connectivity index (χ1) is 8.34. The number of fused-ring (bicyclic) bond motifs is 1. The summed E-state index contributed by atoms with van der Waals surface area (Å²) in [5.41, 5.74) is 0.693. The van der Waals surface area contributed by atoms with Gasteiger partial charge in [0.25, 0.3) is 0 Å². The van der Waals surface area contributed by atoms with E-state index in [-0.39, 0.29) is 11.9 Å². The molecule has 17 heavy (non-hydrogen) atoms. The molecule has 2 aromatic rings. The lowest BCUT2D eigenvalue weighted by molar-refractivity contribution is -0.124. The first-order valence-corrected chi connectivity index (χ1v) is 5.49. The number of carbonyl (C=O) groups is 1. The van der Waals surface area contributed by atoms with Crippen LogP contribution in [0.1, 0.15) is 5.82 Å². The van der Waals surface area contributed by atoms with Crippen LogP contribution in [0.2, 0.25) is 0 Å². The largest absolute Gasteiger partial charge is 0.353 e. The Balaban J connectivity index is 1.87. The Bertz CT molecular complexity index is 550. The van der Waals surface area contributed by atoms with E-state index in [9.17, 15) is 4.79 Å². The summed E-state index contributed by atoms with van der Waals surface area (Å²) in [7, 11) is 0. The Morgan fingerprint density at radius 1 is 1.41 bits per heavy atom. The molecule has 3 rings (SSSR count). The predicted molar refractivity (Wildman–Crippen MR) is 59.3 cm³/mol. The van der Waals surface area contributed by atoms with Crippen molar-refractivity contribution in [2.45, 2.75) is 12.5 Å². The number of nitrogens with zero attached hydrogens (tertiary/aromatic N) is 4. The summed E-state index contributed by atoms with van der Waals surface area (Å²) in [6.45, 7) is 1.47. The van der Waals surface area contributed by atoms with Crippen molar-refractivity contribution < 1.29 is 4.79 Å². The summed E-state index contributed by atoms with van der Waals surface area (Å²) in [5.74, 6) is 0.777. The van der Waals surface area contributed by atoms with E-state index < -0.39 is 0 Å². The van der Waals surface area contributed by atoms with Crippen LogP contribution in [0.3, 0.4) is 0 Å². The van der Waals surface area contributed by atoms with Crippen molar-refractivity contribution in [2.24, 2.45) is 0 Å². The normalized spacial score (nSPS) is 20.5. The number of carbonyl (C=O) groups excluding carboxylic acids is 1. The predicted octanol–water partition coefficient (Wildman–Crippen LogP) is -1.25. The smallest absolute Gasteiger partial charge is 0.237 e. The molecule has 0 saturated carbocycles. The number of hydrogen-bond acceptors (Lipinski definition) is 5. The van der Waals surface area contributed by atoms with E-state index in [0.717, 1.165) is 12.4 Å². The lowest BCUT2D eigenvalue weighted by Gasteiger charge is -2.22. The number of nitrogens with one attached hydrogen (secondary N) is 2. The molecule has 0 spiro atoms. The topological polar surface area (TPSA) is 84.2 Å². The molecular formula is C10H12N6O. The molecule has 2 N–H and O–H groups in total. The average Bonchev–Trinajstić information content (AvgIpc) is 2.76. The quantitative estimate of drug-likeness (QED) is 0.676. The molecule has 1 aliphatic heterocycles. The highest BCUT2D eigenvalue weighted by Crippen LogP contribution is 2.05. The first kappa shape index (κ1) is 10.2. The molecule has 1 atom stereocenters. The van der Waals surface area contributed by atoms with Crippen LogP contribution in [0.25, 0.3) is 5.65 Å². The van der Waals surface area contributed by atoms with Gasteiger partial charge in [0.15, 0.2) is 5.65 Å². The van der Waals surface area contributed by atoms with Crippen LogP contribution in [0.15, 0.2) is 18.6 Å². The number of amides is 1. The van der Waals surface area contributed by atoms with Gasteiger partial charge in [-0.3, -0.25) is 14.2 Å². The molecule has 1 saturated heterocycles. The summed E-state index contributed by atoms with van der Waals surface area (Å²) in [4.78, 5) is 15.6. The highest BCUT2D eigenvalue weighted by molar-refractivity contribution is 5.82. The van der Waals surface area contributed by atoms with Gasteiger partial charge in [0.2, 0.25) is 5.91 Å². The maximum absolute atomic E-state index is 11.6. The fourth-order valence-electron chi connectivity index (χ4n) is 1.94. The Morgan fingerprint density at radius 3 is 3.24 bits per heavy atom. The zero-order valence-corrected chi connectivity index (χ0v) is 9.13. The molecule has 0 aromatic carbocycles. The van der Waals surface area contributed by atoms with Gasteiger partial charge >= 0.3 is 0 Å². The van der Waals surface area contributed by atoms with Gasteiger partial charge in [-0.25, -0.2) is 0 Å². The summed E-state index contributed by atoms with van der Waals surface area (Å²) in [6, 6.07) is -0.232. The van der Waals surface area contributed by atoms with E-state index in [1.54, 1.807) is 18.6 Å². The van der Waals surface area contributed by atoms with Gasteiger partial charge in [-0.1, -0.05) is 0 Å². The fourth-order valence-corrected chi connectivity index (χ4v) is 1.94. The third-order valence-corrected chi connectivity index (χ3v) is 2.80. The summed E-state index contributed by atoms with van der Waals surface area (Å²) >= 11 is 0. The van der Waals surface area contributed by atoms with Gasteiger partial charge in [-0.15, -0.1) is 10.2 Å². The van der Waals surface area contributed by atoms with Crippen LogP contribution < -0.4 is 10.6 Å². The van der Waals surface area contributed by atoms with Gasteiger partial charge in [-0.05, 0) is 0 Å². The van der Waals surface area contributed by atoms with Gasteiger partial charge in [-0.2, -0.15) is 0 Å². The zero-order valence-electron chi connectivity index (χ0n) is 9.13. The zero-order chi connectivity index (χ0) is 11.7. The van der Waals surface area contributed by atoms with Crippen molar-refractivity contribution in [3.05, 3.63) is 24.4 Å². The molecule has 1 amide bonds. The summed E-state index contributed by atoms with van der Waals surface area (Å²) < 4.78 is 1.84. The number of rotatable bonds is 2. The molecule has 7 heteroatoms. The van der Waals surface area contributed by atoms with Crippen molar-refractivity contribution >= 4 is 11.6 Å². The van der Waals surface area contributed by atoms with Crippen molar-refractivity contribution in [3.8, 4) is 0 Å². The third kappa shape index (κ3) is 1.84. The van der Waals surface area contributed by atoms with Crippen LogP contribution in [0.4, 0.5) is 0 Å². The Hall–Kier alpha value is -2.02. The van der Waals surface area contributed by atoms with Gasteiger partial charge in [0.05, 0.1) is 12.2 Å². The SMILES string of the molecule is O=C1NCCNC1Cc1nnc2cnccn12. The monoisotopic (exact) mass is 232 g/mol. The highest BCUT2D eigenvalue weighted by Gasteiger charge is 2.23. The lowest BCUT2D eigenvalue weighted by atomic mass is 10.1. The average molecular weight is 232 g/mol.